The van der Waals surface area contributed by atoms with Crippen LogP contribution >= 0.6 is 0 Å². The lowest BCUT2D eigenvalue weighted by Crippen LogP contribution is -2.06. The Kier molecular flexibility index (Phi) is 11.3. The molecule has 14 aromatic rings. The Morgan fingerprint density at radius 3 is 1.01 bits per heavy atom. The lowest BCUT2D eigenvalue weighted by molar-refractivity contribution is 1.07. The molecule has 0 saturated heterocycles. The Morgan fingerprint density at radius 2 is 0.633 bits per heavy atom. The van der Waals surface area contributed by atoms with Gasteiger partial charge in [0.2, 0.25) is 0 Å². The smallest absolute Gasteiger partial charge is 0.164 e. The van der Waals surface area contributed by atoms with Crippen LogP contribution in [0.15, 0.2) is 237 Å². The number of nitrogens with zero attached hydrogens (tertiary/aromatic N) is 10. The molecule has 0 fully saturated rings. The summed E-state index contributed by atoms with van der Waals surface area (Å²) >= 11 is 0. The zero-order valence-corrected chi connectivity index (χ0v) is 42.5. The van der Waals surface area contributed by atoms with Crippen LogP contribution in [-0.4, -0.2) is 39.0 Å². The van der Waals surface area contributed by atoms with Gasteiger partial charge in [0.25, 0.3) is 0 Å². The fourth-order valence-corrected chi connectivity index (χ4v) is 10.9. The minimum atomic E-state index is 0.439. The SMILES string of the molecule is Cc1cc(C#N)cc(-c2cc(-n3c4ccccc4c4ccc(-c5nc(-c6ccccc6)nc(-c6ccccc6)n5)cc43)c(C#N)c(-n3c4ccccc4c4ccc(-c5nc(-c6ccccc6)nc(-c6ccccc6)n5)cc43)c2)c1. The van der Waals surface area contributed by atoms with Crippen LogP contribution in [0.5, 0.6) is 0 Å². The van der Waals surface area contributed by atoms with Crippen LogP contribution in [0.4, 0.5) is 0 Å². The molecule has 10 aromatic carbocycles. The molecule has 4 heterocycles. The van der Waals surface area contributed by atoms with Crippen molar-refractivity contribution in [2.75, 3.05) is 0 Å². The lowest BCUT2D eigenvalue weighted by Gasteiger charge is -2.19. The van der Waals surface area contributed by atoms with Crippen molar-refractivity contribution in [2.24, 2.45) is 0 Å². The molecule has 14 rings (SSSR count). The standard InChI is InChI=1S/C69H42N10/c1-43-34-44(41-70)36-51(35-43)52-39-62(78-58-28-16-14-26-53(58)55-32-30-49(37-60(55)78)68-74-64(45-18-6-2-7-19-45)72-65(75-68)46-20-8-3-9-21-46)57(42-71)63(40-52)79-59-29-17-15-27-54(59)56-33-31-50(38-61(56)79)69-76-66(47-22-10-4-11-23-47)73-67(77-69)48-24-12-5-13-25-48/h2-40H,1H3. The summed E-state index contributed by atoms with van der Waals surface area (Å²) in [6.45, 7) is 2.00. The first kappa shape index (κ1) is 46.3. The molecule has 0 amide bonds. The summed E-state index contributed by atoms with van der Waals surface area (Å²) in [5, 5.41) is 26.3. The Labute approximate surface area is 454 Å². The number of rotatable bonds is 9. The molecular weight excluding hydrogens is 969 g/mol. The summed E-state index contributed by atoms with van der Waals surface area (Å²) < 4.78 is 4.39. The largest absolute Gasteiger partial charge is 0.308 e. The average molecular weight is 1010 g/mol. The highest BCUT2D eigenvalue weighted by molar-refractivity contribution is 6.12. The second-order valence-corrected chi connectivity index (χ2v) is 19.4. The first-order chi connectivity index (χ1) is 39.0. The van der Waals surface area contributed by atoms with E-state index in [2.05, 4.69) is 100 Å². The van der Waals surface area contributed by atoms with Crippen LogP contribution < -0.4 is 0 Å². The monoisotopic (exact) mass is 1010 g/mol. The molecular formula is C69H42N10. The van der Waals surface area contributed by atoms with Crippen molar-refractivity contribution in [1.29, 1.82) is 10.5 Å². The van der Waals surface area contributed by atoms with E-state index in [0.717, 1.165) is 93.7 Å². The van der Waals surface area contributed by atoms with Crippen LogP contribution in [0, 0.1) is 29.6 Å². The topological polar surface area (TPSA) is 135 Å². The Bertz CT molecular complexity index is 4420. The molecule has 0 bridgehead atoms. The summed E-state index contributed by atoms with van der Waals surface area (Å²) in [5.74, 6) is 3.25. The molecule has 0 aliphatic carbocycles. The molecule has 0 unspecified atom stereocenters. The number of aromatic nitrogens is 8. The van der Waals surface area contributed by atoms with Gasteiger partial charge in [-0.3, -0.25) is 0 Å². The van der Waals surface area contributed by atoms with Crippen molar-refractivity contribution in [1.82, 2.24) is 39.0 Å². The van der Waals surface area contributed by atoms with Crippen molar-refractivity contribution in [3.05, 3.63) is 253 Å². The molecule has 0 saturated carbocycles. The van der Waals surface area contributed by atoms with Crippen LogP contribution in [0.25, 0.3) is 134 Å². The number of hydrogen-bond donors (Lipinski definition) is 0. The summed E-state index contributed by atoms with van der Waals surface area (Å²) in [5.41, 5.74) is 13.4. The van der Waals surface area contributed by atoms with Crippen molar-refractivity contribution in [3.63, 3.8) is 0 Å². The van der Waals surface area contributed by atoms with Gasteiger partial charge in [-0.15, -0.1) is 0 Å². The number of aryl methyl sites for hydroxylation is 1. The van der Waals surface area contributed by atoms with E-state index in [1.165, 1.54) is 0 Å². The van der Waals surface area contributed by atoms with Crippen molar-refractivity contribution in [2.45, 2.75) is 6.92 Å². The maximum absolute atomic E-state index is 11.9. The molecule has 0 aliphatic rings. The van der Waals surface area contributed by atoms with E-state index < -0.39 is 0 Å². The van der Waals surface area contributed by atoms with Gasteiger partial charge in [0, 0.05) is 54.9 Å². The highest BCUT2D eigenvalue weighted by atomic mass is 15.1. The van der Waals surface area contributed by atoms with E-state index in [1.54, 1.807) is 0 Å². The van der Waals surface area contributed by atoms with Crippen molar-refractivity contribution >= 4 is 43.6 Å². The van der Waals surface area contributed by atoms with Crippen molar-refractivity contribution < 1.29 is 0 Å². The van der Waals surface area contributed by atoms with E-state index in [4.69, 9.17) is 29.9 Å². The van der Waals surface area contributed by atoms with Crippen LogP contribution in [0.3, 0.4) is 0 Å². The van der Waals surface area contributed by atoms with Gasteiger partial charge in [-0.05, 0) is 72.1 Å². The Morgan fingerprint density at radius 1 is 0.291 bits per heavy atom. The van der Waals surface area contributed by atoms with Crippen LogP contribution in [0.1, 0.15) is 16.7 Å². The fourth-order valence-electron chi connectivity index (χ4n) is 10.9. The van der Waals surface area contributed by atoms with E-state index >= 15 is 0 Å². The molecule has 4 aromatic heterocycles. The molecule has 0 radical (unpaired) electrons. The van der Waals surface area contributed by atoms with E-state index in [-0.39, 0.29) is 0 Å². The third-order valence-electron chi connectivity index (χ3n) is 14.5. The average Bonchev–Trinajstić information content (AvgIpc) is 4.22. The summed E-state index contributed by atoms with van der Waals surface area (Å²) in [4.78, 5) is 30.5. The van der Waals surface area contributed by atoms with Gasteiger partial charge in [-0.2, -0.15) is 10.5 Å². The maximum Gasteiger partial charge on any atom is 0.164 e. The number of benzene rings is 10. The van der Waals surface area contributed by atoms with E-state index in [9.17, 15) is 10.5 Å². The predicted octanol–water partition coefficient (Wildman–Crippen LogP) is 16.0. The van der Waals surface area contributed by atoms with Gasteiger partial charge in [-0.1, -0.05) is 188 Å². The zero-order chi connectivity index (χ0) is 53.0. The van der Waals surface area contributed by atoms with E-state index in [0.29, 0.717) is 57.4 Å². The van der Waals surface area contributed by atoms with Gasteiger partial charge in [0.1, 0.15) is 11.6 Å². The number of hydrogen-bond acceptors (Lipinski definition) is 8. The fraction of sp³-hybridized carbons (Fsp3) is 0.0145. The van der Waals surface area contributed by atoms with Gasteiger partial charge in [-0.25, -0.2) is 29.9 Å². The molecule has 10 nitrogen and oxygen atoms in total. The summed E-state index contributed by atoms with van der Waals surface area (Å²) in [7, 11) is 0. The van der Waals surface area contributed by atoms with Gasteiger partial charge in [0.15, 0.2) is 34.9 Å². The predicted molar refractivity (Wildman–Crippen MR) is 314 cm³/mol. The number of nitriles is 2. The number of fused-ring (bicyclic) bond motifs is 6. The number of para-hydroxylation sites is 2. The summed E-state index contributed by atoms with van der Waals surface area (Å²) in [6.07, 6.45) is 0. The molecule has 0 aliphatic heterocycles. The van der Waals surface area contributed by atoms with Crippen LogP contribution in [0.2, 0.25) is 0 Å². The molecule has 79 heavy (non-hydrogen) atoms. The van der Waals surface area contributed by atoms with E-state index in [1.807, 2.05) is 165 Å². The first-order valence-corrected chi connectivity index (χ1v) is 25.9. The second kappa shape index (κ2) is 19.2. The summed E-state index contributed by atoms with van der Waals surface area (Å²) in [6, 6.07) is 84.2. The minimum absolute atomic E-state index is 0.439. The molecule has 0 spiro atoms. The Hall–Kier alpha value is -11.2. The first-order valence-electron chi connectivity index (χ1n) is 25.9. The van der Waals surface area contributed by atoms with Gasteiger partial charge >= 0.3 is 0 Å². The highest BCUT2D eigenvalue weighted by Gasteiger charge is 2.25. The highest BCUT2D eigenvalue weighted by Crippen LogP contribution is 2.42. The third-order valence-corrected chi connectivity index (χ3v) is 14.5. The zero-order valence-electron chi connectivity index (χ0n) is 42.5. The quantitative estimate of drug-likeness (QED) is 0.139. The molecule has 368 valence electrons. The molecule has 0 N–H and O–H groups in total. The second-order valence-electron chi connectivity index (χ2n) is 19.4. The van der Waals surface area contributed by atoms with Crippen molar-refractivity contribution in [3.8, 4) is 103 Å². The van der Waals surface area contributed by atoms with Gasteiger partial charge in [0.05, 0.1) is 45.1 Å². The Balaban J connectivity index is 1.04. The molecule has 10 heteroatoms. The molecule has 0 atom stereocenters. The lowest BCUT2D eigenvalue weighted by atomic mass is 9.97. The van der Waals surface area contributed by atoms with Gasteiger partial charge < -0.3 is 9.13 Å². The van der Waals surface area contributed by atoms with Crippen LogP contribution in [-0.2, 0) is 0 Å². The minimum Gasteiger partial charge on any atom is -0.308 e. The third kappa shape index (κ3) is 8.21. The maximum atomic E-state index is 11.9. The normalized spacial score (nSPS) is 11.3.